The Bertz CT molecular complexity index is 1340. The summed E-state index contributed by atoms with van der Waals surface area (Å²) in [5.41, 5.74) is 0.253. The number of aromatic nitrogens is 2. The van der Waals surface area contributed by atoms with Gasteiger partial charge in [0.05, 0.1) is 23.2 Å². The van der Waals surface area contributed by atoms with E-state index in [9.17, 15) is 18.3 Å². The Balaban J connectivity index is 1.48. The Kier molecular flexibility index (Phi) is 8.34. The molecule has 3 atom stereocenters. The summed E-state index contributed by atoms with van der Waals surface area (Å²) in [6.45, 7) is -0.228. The Labute approximate surface area is 220 Å². The number of carbonyl (C=O) groups excluding carboxylic acids is 1. The third-order valence-electron chi connectivity index (χ3n) is 5.30. The van der Waals surface area contributed by atoms with Crippen LogP contribution < -0.4 is 10.5 Å². The van der Waals surface area contributed by atoms with Crippen molar-refractivity contribution in [1.82, 2.24) is 9.97 Å². The minimum absolute atomic E-state index is 0.228. The highest BCUT2D eigenvalue weighted by Gasteiger charge is 2.35. The number of ketones is 1. The predicted octanol–water partition coefficient (Wildman–Crippen LogP) is 4.00. The fourth-order valence-corrected chi connectivity index (χ4v) is 6.65. The van der Waals surface area contributed by atoms with Gasteiger partial charge in [-0.15, -0.1) is 11.3 Å². The number of aliphatic hydroxyl groups excluding tert-OH is 1. The maximum Gasteiger partial charge on any atom is 0.333 e. The average Bonchev–Trinajstić information content (AvgIpc) is 3.33. The van der Waals surface area contributed by atoms with Crippen molar-refractivity contribution in [3.63, 3.8) is 0 Å². The summed E-state index contributed by atoms with van der Waals surface area (Å²) in [4.78, 5) is 23.5. The number of nitrogens with zero attached hydrogens (tertiary/aromatic N) is 2. The number of aliphatic hydroxyl groups is 1. The number of hydrogen-bond acceptors (Lipinski definition) is 10. The SMILES string of the molecule is NS(=O)(=O)OC[C@H]1C[C@@H](Nc2ncncc2C(=O)c2cc(Sc3cccc(Cl)c3)c(Cl)s2)C[C@@H]1O. The molecule has 1 fully saturated rings. The normalized spacial score (nSPS) is 20.2. The van der Waals surface area contributed by atoms with E-state index < -0.39 is 22.3 Å². The zero-order valence-corrected chi connectivity index (χ0v) is 21.9. The second-order valence-electron chi connectivity index (χ2n) is 7.84. The number of carbonyl (C=O) groups is 1. The minimum Gasteiger partial charge on any atom is -0.393 e. The zero-order chi connectivity index (χ0) is 25.2. The quantitative estimate of drug-likeness (QED) is 0.323. The van der Waals surface area contributed by atoms with Crippen LogP contribution in [0.4, 0.5) is 5.82 Å². The number of halogens is 2. The Morgan fingerprint density at radius 2 is 2.11 bits per heavy atom. The first-order valence-electron chi connectivity index (χ1n) is 10.3. The van der Waals surface area contributed by atoms with Crippen LogP contribution in [0.3, 0.4) is 0 Å². The number of nitrogens with two attached hydrogens (primary N) is 1. The topological polar surface area (TPSA) is 144 Å². The van der Waals surface area contributed by atoms with Gasteiger partial charge in [-0.05, 0) is 37.1 Å². The Morgan fingerprint density at radius 3 is 2.86 bits per heavy atom. The monoisotopic (exact) mass is 574 g/mol. The fourth-order valence-electron chi connectivity index (χ4n) is 3.71. The Morgan fingerprint density at radius 1 is 1.31 bits per heavy atom. The summed E-state index contributed by atoms with van der Waals surface area (Å²) in [6, 6.07) is 8.78. The molecule has 0 spiro atoms. The maximum atomic E-state index is 13.3. The van der Waals surface area contributed by atoms with Crippen molar-refractivity contribution < 1.29 is 22.5 Å². The second kappa shape index (κ2) is 11.1. The first-order chi connectivity index (χ1) is 16.6. The van der Waals surface area contributed by atoms with E-state index >= 15 is 0 Å². The van der Waals surface area contributed by atoms with Crippen LogP contribution in [0.1, 0.15) is 28.1 Å². The summed E-state index contributed by atoms with van der Waals surface area (Å²) in [5.74, 6) is -0.427. The lowest BCUT2D eigenvalue weighted by Crippen LogP contribution is -2.24. The molecular weight excluding hydrogens is 555 g/mol. The summed E-state index contributed by atoms with van der Waals surface area (Å²) < 4.78 is 27.2. The van der Waals surface area contributed by atoms with E-state index in [-0.39, 0.29) is 24.0 Å². The van der Waals surface area contributed by atoms with Crippen LogP contribution in [0.5, 0.6) is 0 Å². The summed E-state index contributed by atoms with van der Waals surface area (Å²) in [5, 5.41) is 18.9. The minimum atomic E-state index is -4.10. The van der Waals surface area contributed by atoms with E-state index in [1.54, 1.807) is 12.1 Å². The van der Waals surface area contributed by atoms with Crippen LogP contribution >= 0.6 is 46.3 Å². The van der Waals surface area contributed by atoms with Gasteiger partial charge in [-0.1, -0.05) is 41.0 Å². The van der Waals surface area contributed by atoms with Crippen LogP contribution in [-0.2, 0) is 14.5 Å². The van der Waals surface area contributed by atoms with Crippen LogP contribution in [-0.4, -0.2) is 48.0 Å². The van der Waals surface area contributed by atoms with Gasteiger partial charge >= 0.3 is 10.3 Å². The van der Waals surface area contributed by atoms with Crippen molar-refractivity contribution in [1.29, 1.82) is 0 Å². The third-order valence-corrected chi connectivity index (χ3v) is 8.63. The molecule has 0 amide bonds. The largest absolute Gasteiger partial charge is 0.393 e. The first kappa shape index (κ1) is 26.3. The van der Waals surface area contributed by atoms with Crippen molar-refractivity contribution in [2.75, 3.05) is 11.9 Å². The summed E-state index contributed by atoms with van der Waals surface area (Å²) >= 11 is 15.0. The average molecular weight is 576 g/mol. The molecule has 2 heterocycles. The van der Waals surface area contributed by atoms with Crippen molar-refractivity contribution in [3.8, 4) is 0 Å². The fraction of sp³-hybridized carbons (Fsp3) is 0.286. The number of thiophene rings is 1. The lowest BCUT2D eigenvalue weighted by Gasteiger charge is -2.15. The molecule has 1 aliphatic rings. The van der Waals surface area contributed by atoms with Crippen molar-refractivity contribution >= 4 is 68.2 Å². The van der Waals surface area contributed by atoms with Gasteiger partial charge in [-0.3, -0.25) is 8.98 Å². The van der Waals surface area contributed by atoms with Gasteiger partial charge in [0.2, 0.25) is 5.78 Å². The molecule has 9 nitrogen and oxygen atoms in total. The smallest absolute Gasteiger partial charge is 0.333 e. The van der Waals surface area contributed by atoms with E-state index in [2.05, 4.69) is 19.5 Å². The van der Waals surface area contributed by atoms with Gasteiger partial charge in [-0.2, -0.15) is 8.42 Å². The number of anilines is 1. The van der Waals surface area contributed by atoms with Crippen molar-refractivity contribution in [2.24, 2.45) is 11.1 Å². The highest BCUT2D eigenvalue weighted by atomic mass is 35.5. The maximum absolute atomic E-state index is 13.3. The zero-order valence-electron chi connectivity index (χ0n) is 17.9. The molecule has 4 N–H and O–H groups in total. The highest BCUT2D eigenvalue weighted by molar-refractivity contribution is 7.99. The molecule has 1 aliphatic carbocycles. The number of rotatable bonds is 9. The molecule has 0 unspecified atom stereocenters. The molecule has 1 aromatic carbocycles. The molecular formula is C21H20Cl2N4O5S3. The Hall–Kier alpha value is -1.77. The van der Waals surface area contributed by atoms with E-state index in [1.807, 2.05) is 18.2 Å². The molecule has 1 saturated carbocycles. The van der Waals surface area contributed by atoms with Crippen molar-refractivity contribution in [3.05, 3.63) is 62.7 Å². The van der Waals surface area contributed by atoms with Crippen LogP contribution in [0.25, 0.3) is 0 Å². The number of hydrogen-bond donors (Lipinski definition) is 3. The van der Waals surface area contributed by atoms with E-state index in [0.717, 1.165) is 21.1 Å². The van der Waals surface area contributed by atoms with Crippen molar-refractivity contribution in [2.45, 2.75) is 34.8 Å². The molecule has 186 valence electrons. The summed E-state index contributed by atoms with van der Waals surface area (Å²) in [6.07, 6.45) is 2.66. The van der Waals surface area contributed by atoms with E-state index in [1.165, 1.54) is 24.3 Å². The molecule has 0 saturated heterocycles. The van der Waals surface area contributed by atoms with E-state index in [0.29, 0.717) is 32.9 Å². The molecule has 35 heavy (non-hydrogen) atoms. The van der Waals surface area contributed by atoms with Crippen LogP contribution in [0, 0.1) is 5.92 Å². The van der Waals surface area contributed by atoms with Gasteiger partial charge in [0.1, 0.15) is 16.5 Å². The number of nitrogens with one attached hydrogen (secondary N) is 1. The van der Waals surface area contributed by atoms with Crippen LogP contribution in [0.15, 0.2) is 52.6 Å². The van der Waals surface area contributed by atoms with Gasteiger partial charge in [0.15, 0.2) is 0 Å². The molecule has 3 aromatic rings. The lowest BCUT2D eigenvalue weighted by molar-refractivity contribution is 0.101. The lowest BCUT2D eigenvalue weighted by atomic mass is 10.1. The van der Waals surface area contributed by atoms with Gasteiger partial charge < -0.3 is 10.4 Å². The highest BCUT2D eigenvalue weighted by Crippen LogP contribution is 2.40. The predicted molar refractivity (Wildman–Crippen MR) is 136 cm³/mol. The molecule has 0 aliphatic heterocycles. The van der Waals surface area contributed by atoms with Gasteiger partial charge in [-0.25, -0.2) is 15.1 Å². The first-order valence-corrected chi connectivity index (χ1v) is 14.1. The standard InChI is InChI=1S/C21H20Cl2N4O5S3/c22-12-2-1-3-14(5-12)33-18-7-17(34-20(18)23)19(29)15-8-25-10-26-21(15)27-13-4-11(16(28)6-13)9-32-35(24,30)31/h1-3,5,7-8,10-11,13,16,28H,4,6,9H2,(H2,24,30,31)(H,25,26,27)/t11-,13-,16+/m1/s1. The van der Waals surface area contributed by atoms with Crippen LogP contribution in [0.2, 0.25) is 9.36 Å². The molecule has 0 radical (unpaired) electrons. The van der Waals surface area contributed by atoms with Gasteiger partial charge in [0, 0.05) is 33.0 Å². The summed E-state index contributed by atoms with van der Waals surface area (Å²) in [7, 11) is -4.10. The van der Waals surface area contributed by atoms with Gasteiger partial charge in [0.25, 0.3) is 0 Å². The van der Waals surface area contributed by atoms with E-state index in [4.69, 9.17) is 28.3 Å². The molecule has 2 aromatic heterocycles. The molecule has 14 heteroatoms. The number of benzene rings is 1. The third kappa shape index (κ3) is 6.92. The molecule has 4 rings (SSSR count). The second-order valence-corrected chi connectivity index (χ2v) is 12.3. The molecule has 0 bridgehead atoms.